The van der Waals surface area contributed by atoms with E-state index in [1.165, 1.54) is 83.5 Å². The molecule has 0 aromatic carbocycles. The molecule has 0 bridgehead atoms. The fourth-order valence-corrected chi connectivity index (χ4v) is 6.81. The highest BCUT2D eigenvalue weighted by molar-refractivity contribution is 4.86. The van der Waals surface area contributed by atoms with Crippen LogP contribution in [0.2, 0.25) is 0 Å². The maximum atomic E-state index is 6.25. The molecule has 0 amide bonds. The summed E-state index contributed by atoms with van der Waals surface area (Å²) in [6, 6.07) is 0. The Morgan fingerprint density at radius 1 is 0.630 bits per heavy atom. The Bertz CT molecular complexity index is 376. The van der Waals surface area contributed by atoms with Crippen molar-refractivity contribution in [1.82, 2.24) is 0 Å². The van der Waals surface area contributed by atoms with Gasteiger partial charge >= 0.3 is 0 Å². The molecule has 27 heavy (non-hydrogen) atoms. The highest BCUT2D eigenvalue weighted by Gasteiger charge is 2.35. The van der Waals surface area contributed by atoms with Crippen molar-refractivity contribution in [1.29, 1.82) is 0 Å². The van der Waals surface area contributed by atoms with Gasteiger partial charge in [-0.3, -0.25) is 0 Å². The molecule has 1 heteroatoms. The molecule has 2 unspecified atom stereocenters. The maximum absolute atomic E-state index is 6.25. The largest absolute Gasteiger partial charge is 0.378 e. The topological polar surface area (TPSA) is 9.23 Å². The zero-order valence-electron chi connectivity index (χ0n) is 18.6. The van der Waals surface area contributed by atoms with Crippen LogP contribution in [0.3, 0.4) is 0 Å². The van der Waals surface area contributed by atoms with Crippen LogP contribution in [0.1, 0.15) is 123 Å². The van der Waals surface area contributed by atoms with Crippen molar-refractivity contribution < 1.29 is 4.74 Å². The molecular weight excluding hydrogens is 328 g/mol. The van der Waals surface area contributed by atoms with Crippen LogP contribution in [-0.2, 0) is 4.74 Å². The van der Waals surface area contributed by atoms with Gasteiger partial charge in [0.25, 0.3) is 0 Å². The lowest BCUT2D eigenvalue weighted by Gasteiger charge is -2.41. The summed E-state index contributed by atoms with van der Waals surface area (Å²) in [5.41, 5.74) is 0. The van der Waals surface area contributed by atoms with E-state index in [1.54, 1.807) is 25.7 Å². The molecule has 0 spiro atoms. The molecule has 1 nitrogen and oxygen atoms in total. The fraction of sp³-hybridized carbons (Fsp3) is 1.00. The Morgan fingerprint density at radius 3 is 1.89 bits per heavy atom. The van der Waals surface area contributed by atoms with Crippen molar-refractivity contribution >= 4 is 0 Å². The van der Waals surface area contributed by atoms with Crippen molar-refractivity contribution in [2.75, 3.05) is 6.61 Å². The summed E-state index contributed by atoms with van der Waals surface area (Å²) in [5.74, 6) is 5.24. The Labute approximate surface area is 170 Å². The van der Waals surface area contributed by atoms with Gasteiger partial charge in [0.1, 0.15) is 0 Å². The van der Waals surface area contributed by atoms with Crippen LogP contribution in [0.15, 0.2) is 0 Å². The highest BCUT2D eigenvalue weighted by Crippen LogP contribution is 2.46. The molecule has 158 valence electrons. The van der Waals surface area contributed by atoms with Gasteiger partial charge in [-0.05, 0) is 93.8 Å². The molecule has 0 aromatic heterocycles. The first-order chi connectivity index (χ1) is 13.3. The van der Waals surface area contributed by atoms with Gasteiger partial charge in [0.2, 0.25) is 0 Å². The summed E-state index contributed by atoms with van der Waals surface area (Å²) in [6.45, 7) is 5.65. The van der Waals surface area contributed by atoms with Crippen molar-refractivity contribution in [3.8, 4) is 0 Å². The smallest absolute Gasteiger partial charge is 0.0577 e. The second-order valence-corrected chi connectivity index (χ2v) is 10.4. The highest BCUT2D eigenvalue weighted by atomic mass is 16.5. The van der Waals surface area contributed by atoms with Gasteiger partial charge in [0.05, 0.1) is 6.10 Å². The van der Waals surface area contributed by atoms with Gasteiger partial charge in [0, 0.05) is 6.61 Å². The Balaban J connectivity index is 1.35. The third-order valence-corrected chi connectivity index (χ3v) is 8.51. The Morgan fingerprint density at radius 2 is 1.26 bits per heavy atom. The Hall–Kier alpha value is -0.0400. The predicted molar refractivity (Wildman–Crippen MR) is 117 cm³/mol. The summed E-state index contributed by atoms with van der Waals surface area (Å²) in [5, 5.41) is 0. The lowest BCUT2D eigenvalue weighted by Crippen LogP contribution is -2.32. The average molecular weight is 377 g/mol. The van der Waals surface area contributed by atoms with E-state index in [-0.39, 0.29) is 0 Å². The monoisotopic (exact) mass is 376 g/mol. The number of ether oxygens (including phenoxy) is 1. The van der Waals surface area contributed by atoms with E-state index in [0.717, 1.165) is 36.2 Å². The summed E-state index contributed by atoms with van der Waals surface area (Å²) in [4.78, 5) is 0. The molecule has 2 atom stereocenters. The molecule has 3 saturated carbocycles. The molecule has 3 rings (SSSR count). The van der Waals surface area contributed by atoms with Crippen LogP contribution in [-0.4, -0.2) is 12.7 Å². The van der Waals surface area contributed by atoms with E-state index >= 15 is 0 Å². The zero-order chi connectivity index (χ0) is 18.9. The first-order valence-electron chi connectivity index (χ1n) is 12.9. The number of unbranched alkanes of at least 4 members (excludes halogenated alkanes) is 2. The number of rotatable bonds is 9. The molecule has 0 radical (unpaired) electrons. The predicted octanol–water partition coefficient (Wildman–Crippen LogP) is 8.16. The summed E-state index contributed by atoms with van der Waals surface area (Å²) in [6.07, 6.45) is 25.4. The third-order valence-electron chi connectivity index (χ3n) is 8.51. The van der Waals surface area contributed by atoms with Crippen molar-refractivity contribution in [3.63, 3.8) is 0 Å². The second kappa shape index (κ2) is 11.8. The molecular formula is C26H48O. The van der Waals surface area contributed by atoms with E-state index in [0.29, 0.717) is 6.10 Å². The van der Waals surface area contributed by atoms with Crippen LogP contribution in [0, 0.1) is 29.6 Å². The summed E-state index contributed by atoms with van der Waals surface area (Å²) < 4.78 is 6.25. The van der Waals surface area contributed by atoms with Gasteiger partial charge in [-0.1, -0.05) is 58.8 Å². The van der Waals surface area contributed by atoms with Crippen LogP contribution in [0.5, 0.6) is 0 Å². The van der Waals surface area contributed by atoms with Crippen molar-refractivity contribution in [2.45, 2.75) is 129 Å². The van der Waals surface area contributed by atoms with Gasteiger partial charge in [-0.2, -0.15) is 0 Å². The first kappa shape index (κ1) is 21.7. The van der Waals surface area contributed by atoms with Gasteiger partial charge in [0.15, 0.2) is 0 Å². The minimum absolute atomic E-state index is 0.590. The maximum Gasteiger partial charge on any atom is 0.0577 e. The molecule has 0 aromatic rings. The lowest BCUT2D eigenvalue weighted by molar-refractivity contribution is -0.00533. The van der Waals surface area contributed by atoms with Crippen molar-refractivity contribution in [3.05, 3.63) is 0 Å². The van der Waals surface area contributed by atoms with E-state index in [2.05, 4.69) is 13.8 Å². The lowest BCUT2D eigenvalue weighted by atomic mass is 9.65. The quantitative estimate of drug-likeness (QED) is 0.369. The Kier molecular flexibility index (Phi) is 9.50. The molecule has 0 saturated heterocycles. The third kappa shape index (κ3) is 6.76. The normalized spacial score (nSPS) is 38.0. The van der Waals surface area contributed by atoms with E-state index < -0.39 is 0 Å². The standard InChI is InChI=1S/C26H48O/c1-3-5-6-19-27-26-10-7-9-25(20-26)24-17-15-23(16-18-24)22-13-11-21(8-4-2)12-14-22/h21-26H,3-20H2,1-2H3. The summed E-state index contributed by atoms with van der Waals surface area (Å²) in [7, 11) is 0. The van der Waals surface area contributed by atoms with Crippen LogP contribution in [0.4, 0.5) is 0 Å². The SMILES string of the molecule is CCCCCOC1CCCC(C2CCC(C3CCC(CCC)CC3)CC2)C1. The molecule has 3 aliphatic carbocycles. The summed E-state index contributed by atoms with van der Waals surface area (Å²) >= 11 is 0. The minimum atomic E-state index is 0.590. The van der Waals surface area contributed by atoms with Crippen LogP contribution < -0.4 is 0 Å². The second-order valence-electron chi connectivity index (χ2n) is 10.4. The molecule has 0 aliphatic heterocycles. The number of hydrogen-bond acceptors (Lipinski definition) is 1. The van der Waals surface area contributed by atoms with Gasteiger partial charge in [-0.15, -0.1) is 0 Å². The van der Waals surface area contributed by atoms with Crippen molar-refractivity contribution in [2.24, 2.45) is 29.6 Å². The number of hydrogen-bond donors (Lipinski definition) is 0. The van der Waals surface area contributed by atoms with Gasteiger partial charge < -0.3 is 4.74 Å². The first-order valence-corrected chi connectivity index (χ1v) is 12.9. The zero-order valence-corrected chi connectivity index (χ0v) is 18.6. The molecule has 0 N–H and O–H groups in total. The van der Waals surface area contributed by atoms with E-state index in [1.807, 2.05) is 0 Å². The molecule has 0 heterocycles. The van der Waals surface area contributed by atoms with E-state index in [4.69, 9.17) is 4.74 Å². The van der Waals surface area contributed by atoms with Crippen LogP contribution >= 0.6 is 0 Å². The van der Waals surface area contributed by atoms with Crippen LogP contribution in [0.25, 0.3) is 0 Å². The molecule has 3 fully saturated rings. The van der Waals surface area contributed by atoms with E-state index in [9.17, 15) is 0 Å². The molecule has 3 aliphatic rings. The fourth-order valence-electron chi connectivity index (χ4n) is 6.81. The average Bonchev–Trinajstić information content (AvgIpc) is 2.72. The minimum Gasteiger partial charge on any atom is -0.378 e. The van der Waals surface area contributed by atoms with Gasteiger partial charge in [-0.25, -0.2) is 0 Å².